The van der Waals surface area contributed by atoms with E-state index in [4.69, 9.17) is 42.2 Å². The fourth-order valence-corrected chi connectivity index (χ4v) is 13.4. The van der Waals surface area contributed by atoms with E-state index in [1.54, 1.807) is 6.08 Å². The van der Waals surface area contributed by atoms with Crippen LogP contribution >= 0.6 is 7.82 Å². The lowest BCUT2D eigenvalue weighted by Crippen LogP contribution is -2.69. The fourth-order valence-electron chi connectivity index (χ4n) is 12.4. The number of aliphatic hydroxyl groups is 10. The molecule has 97 heavy (non-hydrogen) atoms. The average Bonchev–Trinajstić information content (AvgIpc) is 0.762. The molecule has 2 aliphatic heterocycles. The molecule has 1 aliphatic carbocycles. The van der Waals surface area contributed by atoms with E-state index in [-0.39, 0.29) is 12.8 Å². The first-order chi connectivity index (χ1) is 46.8. The van der Waals surface area contributed by atoms with Crippen LogP contribution in [-0.4, -0.2) is 204 Å². The molecule has 0 aromatic heterocycles. The molecule has 3 fully saturated rings. The van der Waals surface area contributed by atoms with Crippen LogP contribution in [0.15, 0.2) is 24.3 Å². The van der Waals surface area contributed by atoms with Gasteiger partial charge < -0.3 is 89.1 Å². The van der Waals surface area contributed by atoms with Crippen molar-refractivity contribution in [2.45, 2.75) is 388 Å². The maximum Gasteiger partial charge on any atom is 0.472 e. The summed E-state index contributed by atoms with van der Waals surface area (Å²) in [7, 11) is -5.70. The Hall–Kier alpha value is -2.56. The Labute approximate surface area is 579 Å². The molecule has 18 atom stereocenters. The van der Waals surface area contributed by atoms with Crippen molar-refractivity contribution in [3.8, 4) is 0 Å². The smallest absolute Gasteiger partial charge is 0.462 e. The van der Waals surface area contributed by atoms with Crippen molar-refractivity contribution >= 4 is 25.7 Å². The van der Waals surface area contributed by atoms with Gasteiger partial charge >= 0.3 is 25.7 Å². The highest BCUT2D eigenvalue weighted by atomic mass is 31.2. The van der Waals surface area contributed by atoms with Gasteiger partial charge in [-0.3, -0.25) is 18.6 Å². The Morgan fingerprint density at radius 2 is 0.794 bits per heavy atom. The van der Waals surface area contributed by atoms with E-state index in [0.29, 0.717) is 12.8 Å². The standard InChI is InChI=1S/C72H131O24P/c1-4-7-10-13-16-19-22-24-26-28-30-32-34-37-40-43-46-56(74)88-50-53(91-58(76)48-45-42-39-36-31-21-18-15-12-9-6-3)51-90-97(86,87)96-70-68(94-71-66(84)61(79)59(77)54(49-73)92-71)64(82)63(81)65(83)69(70)95-72-67(85)62(80)60(78)55(93-72)52-89-57(75)47-44-41-38-35-33-29-27-25-23-20-17-14-11-8-5-2/h38,41,44,47,53-55,59-73,77-85H,4-37,39-40,42-43,45-46,48-52H2,1-3H3,(H,86,87)/b41-38+,47-44+. The van der Waals surface area contributed by atoms with Crippen molar-refractivity contribution in [1.29, 1.82) is 0 Å². The minimum absolute atomic E-state index is 0.0393. The number of aliphatic hydroxyl groups excluding tert-OH is 10. The van der Waals surface area contributed by atoms with E-state index in [0.717, 1.165) is 89.5 Å². The normalized spacial score (nSPS) is 27.9. The molecule has 24 nitrogen and oxygen atoms in total. The third-order valence-corrected chi connectivity index (χ3v) is 19.6. The molecule has 2 saturated heterocycles. The number of rotatable bonds is 58. The second-order valence-electron chi connectivity index (χ2n) is 27.1. The molecular formula is C72H131O24P. The van der Waals surface area contributed by atoms with Gasteiger partial charge in [0.15, 0.2) is 18.7 Å². The zero-order valence-electron chi connectivity index (χ0n) is 59.1. The molecule has 25 heteroatoms. The van der Waals surface area contributed by atoms with Crippen LogP contribution in [0.4, 0.5) is 0 Å². The zero-order chi connectivity index (χ0) is 71.1. The summed E-state index contributed by atoms with van der Waals surface area (Å²) in [5, 5.41) is 110. The molecule has 0 aromatic carbocycles. The predicted molar refractivity (Wildman–Crippen MR) is 365 cm³/mol. The van der Waals surface area contributed by atoms with Crippen molar-refractivity contribution in [2.75, 3.05) is 26.4 Å². The van der Waals surface area contributed by atoms with Crippen molar-refractivity contribution in [3.05, 3.63) is 24.3 Å². The highest BCUT2D eigenvalue weighted by molar-refractivity contribution is 7.47. The molecule has 1 saturated carbocycles. The number of phosphoric ester groups is 1. The molecule has 0 bridgehead atoms. The summed E-state index contributed by atoms with van der Waals surface area (Å²) < 4.78 is 64.8. The van der Waals surface area contributed by atoms with E-state index < -0.39 is 156 Å². The highest BCUT2D eigenvalue weighted by Gasteiger charge is 2.58. The van der Waals surface area contributed by atoms with Crippen LogP contribution in [0.2, 0.25) is 0 Å². The quantitative estimate of drug-likeness (QED) is 0.00673. The van der Waals surface area contributed by atoms with Gasteiger partial charge in [-0.2, -0.15) is 0 Å². The summed E-state index contributed by atoms with van der Waals surface area (Å²) in [6.45, 7) is 3.36. The van der Waals surface area contributed by atoms with Crippen LogP contribution in [0, 0.1) is 0 Å². The first-order valence-corrected chi connectivity index (χ1v) is 39.2. The summed E-state index contributed by atoms with van der Waals surface area (Å²) in [5.41, 5.74) is 0. The Balaban J connectivity index is 1.74. The predicted octanol–water partition coefficient (Wildman–Crippen LogP) is 10.1. The van der Waals surface area contributed by atoms with Crippen LogP contribution in [0.5, 0.6) is 0 Å². The summed E-state index contributed by atoms with van der Waals surface area (Å²) in [6.07, 6.45) is 14.6. The lowest BCUT2D eigenvalue weighted by molar-refractivity contribution is -0.360. The molecule has 0 radical (unpaired) electrons. The number of hydrogen-bond acceptors (Lipinski definition) is 23. The summed E-state index contributed by atoms with van der Waals surface area (Å²) in [5.74, 6) is -2.22. The van der Waals surface area contributed by atoms with E-state index in [2.05, 4.69) is 20.8 Å². The van der Waals surface area contributed by atoms with E-state index in [1.807, 2.05) is 6.08 Å². The van der Waals surface area contributed by atoms with Gasteiger partial charge in [0.2, 0.25) is 0 Å². The highest BCUT2D eigenvalue weighted by Crippen LogP contribution is 2.49. The Morgan fingerprint density at radius 1 is 0.423 bits per heavy atom. The van der Waals surface area contributed by atoms with Gasteiger partial charge in [0.25, 0.3) is 0 Å². The lowest BCUT2D eigenvalue weighted by Gasteiger charge is -2.49. The van der Waals surface area contributed by atoms with Crippen LogP contribution in [0.25, 0.3) is 0 Å². The molecule has 0 aromatic rings. The van der Waals surface area contributed by atoms with Crippen LogP contribution in [0.3, 0.4) is 0 Å². The van der Waals surface area contributed by atoms with Gasteiger partial charge in [-0.15, -0.1) is 0 Å². The molecule has 2 heterocycles. The van der Waals surface area contributed by atoms with Crippen LogP contribution in [-0.2, 0) is 61.2 Å². The molecule has 568 valence electrons. The number of ether oxygens (including phenoxy) is 7. The topological polar surface area (TPSA) is 374 Å². The summed E-state index contributed by atoms with van der Waals surface area (Å²) >= 11 is 0. The van der Waals surface area contributed by atoms with E-state index >= 15 is 0 Å². The van der Waals surface area contributed by atoms with Gasteiger partial charge in [0, 0.05) is 18.9 Å². The van der Waals surface area contributed by atoms with Gasteiger partial charge in [-0.05, 0) is 25.7 Å². The average molecular weight is 1410 g/mol. The molecular weight excluding hydrogens is 1280 g/mol. The number of hydrogen-bond donors (Lipinski definition) is 11. The molecule has 3 rings (SSSR count). The van der Waals surface area contributed by atoms with E-state index in [9.17, 15) is 74.9 Å². The first-order valence-electron chi connectivity index (χ1n) is 37.7. The van der Waals surface area contributed by atoms with Crippen molar-refractivity contribution in [1.82, 2.24) is 0 Å². The van der Waals surface area contributed by atoms with Gasteiger partial charge in [0.1, 0.15) is 98.7 Å². The Kier molecular flexibility index (Phi) is 49.5. The lowest BCUT2D eigenvalue weighted by atomic mass is 9.84. The Bertz CT molecular complexity index is 2110. The monoisotopic (exact) mass is 1410 g/mol. The van der Waals surface area contributed by atoms with Gasteiger partial charge in [0.05, 0.1) is 13.2 Å². The van der Waals surface area contributed by atoms with Crippen molar-refractivity contribution < 1.29 is 117 Å². The minimum Gasteiger partial charge on any atom is -0.462 e. The maximum atomic E-state index is 14.3. The number of carbonyl (C=O) groups is 3. The summed E-state index contributed by atoms with van der Waals surface area (Å²) in [6, 6.07) is 0. The number of carbonyl (C=O) groups excluding carboxylic acids is 3. The largest absolute Gasteiger partial charge is 0.472 e. The van der Waals surface area contributed by atoms with E-state index in [1.165, 1.54) is 160 Å². The molecule has 3 aliphatic rings. The van der Waals surface area contributed by atoms with Gasteiger partial charge in [-0.1, -0.05) is 264 Å². The van der Waals surface area contributed by atoms with Crippen LogP contribution in [0.1, 0.15) is 284 Å². The third kappa shape index (κ3) is 37.4. The second kappa shape index (κ2) is 54.1. The molecule has 11 N–H and O–H groups in total. The number of phosphoric acid groups is 1. The number of esters is 3. The van der Waals surface area contributed by atoms with Crippen molar-refractivity contribution in [3.63, 3.8) is 0 Å². The number of allylic oxidation sites excluding steroid dienone is 3. The molecule has 18 unspecified atom stereocenters. The second-order valence-corrected chi connectivity index (χ2v) is 28.5. The first kappa shape index (κ1) is 88.7. The molecule has 0 amide bonds. The zero-order valence-corrected chi connectivity index (χ0v) is 60.0. The summed E-state index contributed by atoms with van der Waals surface area (Å²) in [4.78, 5) is 50.8. The van der Waals surface area contributed by atoms with Crippen LogP contribution < -0.4 is 0 Å². The fraction of sp³-hybridized carbons (Fsp3) is 0.903. The maximum absolute atomic E-state index is 14.3. The van der Waals surface area contributed by atoms with Crippen molar-refractivity contribution in [2.24, 2.45) is 0 Å². The number of unbranched alkanes of at least 4 members (excludes halogenated alkanes) is 36. The Morgan fingerprint density at radius 3 is 1.22 bits per heavy atom. The van der Waals surface area contributed by atoms with Gasteiger partial charge in [-0.25, -0.2) is 9.36 Å². The molecule has 0 spiro atoms. The third-order valence-electron chi connectivity index (χ3n) is 18.6. The minimum atomic E-state index is -5.70. The SMILES string of the molecule is CCCCCCCCCCCCC/C=C/C=C/C(=O)OCC1OC(OC2C(O)C(O)C(O)C(OC3OC(CO)C(O)C(O)C3O)C2OP(=O)(O)OCC(COC(=O)CCCCCCCCCCCCCCCCCC)OC(=O)CCCCCCCCCCCCC)C(O)C(O)C1O.